The summed E-state index contributed by atoms with van der Waals surface area (Å²) >= 11 is 0. The van der Waals surface area contributed by atoms with Crippen molar-refractivity contribution in [1.82, 2.24) is 10.2 Å². The molecule has 0 aliphatic rings. The molecule has 220 valence electrons. The summed E-state index contributed by atoms with van der Waals surface area (Å²) in [6.45, 7) is 2.28. The molecule has 0 aromatic heterocycles. The number of nitrogens with one attached hydrogen (secondary N) is 1. The second-order valence-electron chi connectivity index (χ2n) is 9.72. The van der Waals surface area contributed by atoms with E-state index < -0.39 is 21.9 Å². The maximum absolute atomic E-state index is 14.7. The van der Waals surface area contributed by atoms with Crippen LogP contribution in [0.2, 0.25) is 0 Å². The number of hydrogen-bond acceptors (Lipinski definition) is 5. The van der Waals surface area contributed by atoms with Crippen LogP contribution >= 0.6 is 0 Å². The third-order valence-electron chi connectivity index (χ3n) is 6.62. The monoisotopic (exact) mass is 583 g/mol. The highest BCUT2D eigenvalue weighted by molar-refractivity contribution is 7.92. The van der Waals surface area contributed by atoms with Gasteiger partial charge in [-0.1, -0.05) is 67.6 Å². The summed E-state index contributed by atoms with van der Waals surface area (Å²) < 4.78 is 46.6. The van der Waals surface area contributed by atoms with Gasteiger partial charge in [0, 0.05) is 38.0 Å². The van der Waals surface area contributed by atoms with Crippen LogP contribution in [0.1, 0.15) is 37.3 Å². The first-order valence-electron chi connectivity index (χ1n) is 13.6. The molecule has 0 bridgehead atoms. The summed E-state index contributed by atoms with van der Waals surface area (Å²) in [7, 11) is -2.23. The van der Waals surface area contributed by atoms with Crippen LogP contribution in [0.4, 0.5) is 10.1 Å². The van der Waals surface area contributed by atoms with Crippen molar-refractivity contribution in [3.05, 3.63) is 95.8 Å². The standard InChI is InChI=1S/C31H38FN3O5S/c1-4-20-33-31(37)28(22-24-13-6-5-7-14-24)34(23-25-15-8-9-16-26(25)32)30(36)19-12-21-35(41(3,38)39)27-17-10-11-18-29(27)40-2/h5-11,13-18,28H,4,12,19-23H2,1-3H3,(H,33,37)/t28-/m1/s1. The second-order valence-corrected chi connectivity index (χ2v) is 11.6. The van der Waals surface area contributed by atoms with E-state index in [1.807, 2.05) is 37.3 Å². The van der Waals surface area contributed by atoms with E-state index in [-0.39, 0.29) is 49.7 Å². The second kappa shape index (κ2) is 15.2. The first-order valence-corrected chi connectivity index (χ1v) is 15.5. The fraction of sp³-hybridized carbons (Fsp3) is 0.355. The number of anilines is 1. The molecule has 41 heavy (non-hydrogen) atoms. The number of carbonyl (C=O) groups is 2. The molecule has 0 aliphatic carbocycles. The fourth-order valence-electron chi connectivity index (χ4n) is 4.55. The van der Waals surface area contributed by atoms with Crippen molar-refractivity contribution in [2.24, 2.45) is 0 Å². The molecule has 0 saturated heterocycles. The van der Waals surface area contributed by atoms with Crippen molar-refractivity contribution in [3.63, 3.8) is 0 Å². The minimum absolute atomic E-state index is 0.0177. The zero-order valence-corrected chi connectivity index (χ0v) is 24.6. The van der Waals surface area contributed by atoms with Crippen LogP contribution in [-0.2, 0) is 32.6 Å². The number of ether oxygens (including phenoxy) is 1. The minimum Gasteiger partial charge on any atom is -0.495 e. The van der Waals surface area contributed by atoms with Crippen LogP contribution < -0.4 is 14.4 Å². The molecule has 1 N–H and O–H groups in total. The van der Waals surface area contributed by atoms with Gasteiger partial charge in [0.1, 0.15) is 17.6 Å². The Labute approximate surface area is 242 Å². The SMILES string of the molecule is CCCNC(=O)[C@@H](Cc1ccccc1)N(Cc1ccccc1F)C(=O)CCCN(c1ccccc1OC)S(C)(=O)=O. The molecule has 8 nitrogen and oxygen atoms in total. The van der Waals surface area contributed by atoms with Crippen molar-refractivity contribution in [2.75, 3.05) is 30.8 Å². The number of benzene rings is 3. The molecule has 0 unspecified atom stereocenters. The zero-order valence-electron chi connectivity index (χ0n) is 23.8. The van der Waals surface area contributed by atoms with E-state index in [9.17, 15) is 22.4 Å². The van der Waals surface area contributed by atoms with Gasteiger partial charge >= 0.3 is 0 Å². The Bertz CT molecular complexity index is 1400. The number of carbonyl (C=O) groups excluding carboxylic acids is 2. The predicted octanol–water partition coefficient (Wildman–Crippen LogP) is 4.55. The number of nitrogens with zero attached hydrogens (tertiary/aromatic N) is 2. The van der Waals surface area contributed by atoms with E-state index in [2.05, 4.69) is 5.32 Å². The lowest BCUT2D eigenvalue weighted by atomic mass is 10.0. The molecular formula is C31H38FN3O5S. The third-order valence-corrected chi connectivity index (χ3v) is 7.80. The Hall–Kier alpha value is -3.92. The molecule has 3 aromatic rings. The minimum atomic E-state index is -3.69. The topological polar surface area (TPSA) is 96.0 Å². The lowest BCUT2D eigenvalue weighted by molar-refractivity contribution is -0.141. The lowest BCUT2D eigenvalue weighted by Crippen LogP contribution is -2.50. The summed E-state index contributed by atoms with van der Waals surface area (Å²) in [5.74, 6) is -0.792. The summed E-state index contributed by atoms with van der Waals surface area (Å²) in [5, 5.41) is 2.89. The molecule has 0 heterocycles. The van der Waals surface area contributed by atoms with Crippen molar-refractivity contribution in [2.45, 2.75) is 45.2 Å². The molecule has 0 radical (unpaired) electrons. The largest absolute Gasteiger partial charge is 0.495 e. The van der Waals surface area contributed by atoms with Crippen LogP contribution in [-0.4, -0.2) is 57.6 Å². The zero-order chi connectivity index (χ0) is 29.8. The number of rotatable bonds is 15. The molecule has 3 aromatic carbocycles. The van der Waals surface area contributed by atoms with E-state index >= 15 is 0 Å². The first kappa shape index (κ1) is 31.6. The predicted molar refractivity (Wildman–Crippen MR) is 159 cm³/mol. The molecule has 0 saturated carbocycles. The van der Waals surface area contributed by atoms with Crippen molar-refractivity contribution in [3.8, 4) is 5.75 Å². The third kappa shape index (κ3) is 9.04. The molecule has 0 aliphatic heterocycles. The van der Waals surface area contributed by atoms with Gasteiger partial charge in [0.05, 0.1) is 19.1 Å². The number of hydrogen-bond donors (Lipinski definition) is 1. The van der Waals surface area contributed by atoms with Gasteiger partial charge in [-0.05, 0) is 36.6 Å². The maximum Gasteiger partial charge on any atom is 0.243 e. The number of para-hydroxylation sites is 2. The van der Waals surface area contributed by atoms with Gasteiger partial charge in [-0.25, -0.2) is 12.8 Å². The Morgan fingerprint density at radius 3 is 2.29 bits per heavy atom. The van der Waals surface area contributed by atoms with Crippen LogP contribution in [0, 0.1) is 5.82 Å². The highest BCUT2D eigenvalue weighted by atomic mass is 32.2. The van der Waals surface area contributed by atoms with Crippen LogP contribution in [0.3, 0.4) is 0 Å². The first-order chi connectivity index (χ1) is 19.7. The normalized spacial score (nSPS) is 11.9. The molecule has 2 amide bonds. The maximum atomic E-state index is 14.7. The highest BCUT2D eigenvalue weighted by Gasteiger charge is 2.31. The van der Waals surface area contributed by atoms with Gasteiger partial charge in [0.2, 0.25) is 21.8 Å². The molecular weight excluding hydrogens is 545 g/mol. The highest BCUT2D eigenvalue weighted by Crippen LogP contribution is 2.30. The molecule has 0 spiro atoms. The summed E-state index contributed by atoms with van der Waals surface area (Å²) in [5.41, 5.74) is 1.51. The molecule has 10 heteroatoms. The smallest absolute Gasteiger partial charge is 0.243 e. The van der Waals surface area contributed by atoms with Gasteiger partial charge in [-0.2, -0.15) is 0 Å². The molecule has 0 fully saturated rings. The number of halogens is 1. The summed E-state index contributed by atoms with van der Waals surface area (Å²) in [6, 6.07) is 21.4. The van der Waals surface area contributed by atoms with Gasteiger partial charge in [0.25, 0.3) is 0 Å². The fourth-order valence-corrected chi connectivity index (χ4v) is 5.52. The number of methoxy groups -OCH3 is 1. The Morgan fingerprint density at radius 1 is 0.976 bits per heavy atom. The van der Waals surface area contributed by atoms with Gasteiger partial charge < -0.3 is 15.0 Å². The van der Waals surface area contributed by atoms with E-state index in [0.717, 1.165) is 18.2 Å². The van der Waals surface area contributed by atoms with Crippen LogP contribution in [0.5, 0.6) is 5.75 Å². The van der Waals surface area contributed by atoms with Gasteiger partial charge in [0.15, 0.2) is 0 Å². The number of sulfonamides is 1. The van der Waals surface area contributed by atoms with Gasteiger partial charge in [-0.15, -0.1) is 0 Å². The average Bonchev–Trinajstić information content (AvgIpc) is 2.96. The number of amides is 2. The Morgan fingerprint density at radius 2 is 1.63 bits per heavy atom. The molecule has 1 atom stereocenters. The van der Waals surface area contributed by atoms with Crippen molar-refractivity contribution < 1.29 is 27.1 Å². The summed E-state index contributed by atoms with van der Waals surface area (Å²) in [4.78, 5) is 28.6. The van der Waals surface area contributed by atoms with Gasteiger partial charge in [-0.3, -0.25) is 13.9 Å². The van der Waals surface area contributed by atoms with Crippen molar-refractivity contribution in [1.29, 1.82) is 0 Å². The Balaban J connectivity index is 1.89. The van der Waals surface area contributed by atoms with E-state index in [1.54, 1.807) is 42.5 Å². The lowest BCUT2D eigenvalue weighted by Gasteiger charge is -2.32. The molecule has 3 rings (SSSR count). The van der Waals surface area contributed by atoms with Crippen molar-refractivity contribution >= 4 is 27.5 Å². The van der Waals surface area contributed by atoms with Crippen LogP contribution in [0.15, 0.2) is 78.9 Å². The van der Waals surface area contributed by atoms with Crippen LogP contribution in [0.25, 0.3) is 0 Å². The Kier molecular flexibility index (Phi) is 11.7. The van der Waals surface area contributed by atoms with E-state index in [1.165, 1.54) is 22.4 Å². The van der Waals surface area contributed by atoms with E-state index in [0.29, 0.717) is 18.0 Å². The average molecular weight is 584 g/mol. The quantitative estimate of drug-likeness (QED) is 0.283. The van der Waals surface area contributed by atoms with E-state index in [4.69, 9.17) is 4.74 Å². The summed E-state index contributed by atoms with van der Waals surface area (Å²) in [6.07, 6.45) is 2.18.